The first-order chi connectivity index (χ1) is 14.1. The Kier molecular flexibility index (Phi) is 4.90. The molecule has 4 bridgehead atoms. The van der Waals surface area contributed by atoms with Crippen LogP contribution in [0.1, 0.15) is 92.9 Å². The smallest absolute Gasteiger partial charge is 0.0527 e. The molecule has 4 nitrogen and oxygen atoms in total. The molecule has 0 N–H and O–H groups in total. The van der Waals surface area contributed by atoms with Crippen molar-refractivity contribution >= 4 is 11.4 Å². The number of hydrazine groups is 2. The van der Waals surface area contributed by atoms with Crippen molar-refractivity contribution in [3.8, 4) is 0 Å². The Morgan fingerprint density at radius 1 is 0.500 bits per heavy atom. The Morgan fingerprint density at radius 2 is 0.767 bits per heavy atom. The fraction of sp³-hybridized carbons (Fsp3) is 0.769. The molecule has 4 aliphatic heterocycles. The molecule has 4 heterocycles. The first kappa shape index (κ1) is 20.6. The van der Waals surface area contributed by atoms with Gasteiger partial charge in [0.05, 0.1) is 11.4 Å². The van der Waals surface area contributed by atoms with Gasteiger partial charge in [0.2, 0.25) is 0 Å². The van der Waals surface area contributed by atoms with Gasteiger partial charge in [0, 0.05) is 35.2 Å². The molecule has 2 aliphatic carbocycles. The molecule has 4 heteroatoms. The van der Waals surface area contributed by atoms with E-state index < -0.39 is 0 Å². The quantitative estimate of drug-likeness (QED) is 0.594. The Labute approximate surface area is 184 Å². The lowest BCUT2D eigenvalue weighted by atomic mass is 9.84. The van der Waals surface area contributed by atoms with Crippen molar-refractivity contribution in [2.24, 2.45) is 0 Å². The maximum absolute atomic E-state index is 2.70. The largest absolute Gasteiger partial charge is 0.302 e. The van der Waals surface area contributed by atoms with E-state index in [-0.39, 0.29) is 11.1 Å². The normalized spacial score (nSPS) is 32.9. The van der Waals surface area contributed by atoms with Crippen LogP contribution in [0.25, 0.3) is 0 Å². The van der Waals surface area contributed by atoms with Crippen LogP contribution in [0.5, 0.6) is 0 Å². The first-order valence-electron chi connectivity index (χ1n) is 12.4. The summed E-state index contributed by atoms with van der Waals surface area (Å²) in [5.41, 5.74) is 3.09. The Morgan fingerprint density at radius 3 is 1.03 bits per heavy atom. The monoisotopic (exact) mass is 410 g/mol. The third-order valence-electron chi connectivity index (χ3n) is 7.93. The molecular weight excluding hydrogens is 368 g/mol. The number of anilines is 2. The van der Waals surface area contributed by atoms with Crippen LogP contribution < -0.4 is 10.0 Å². The van der Waals surface area contributed by atoms with Crippen molar-refractivity contribution < 1.29 is 0 Å². The Balaban J connectivity index is 1.45. The minimum Gasteiger partial charge on any atom is -0.302 e. The van der Waals surface area contributed by atoms with Crippen LogP contribution in [0.15, 0.2) is 24.3 Å². The van der Waals surface area contributed by atoms with E-state index in [1.165, 1.54) is 62.7 Å². The molecule has 0 amide bonds. The van der Waals surface area contributed by atoms with Crippen molar-refractivity contribution in [2.45, 2.75) is 128 Å². The standard InChI is InChI=1S/C26H42N4/c1-25(2,3)29-23-15-11-21(12-16-23)27(29)19-7-9-20(10-8-19)28-22-13-17-24(18-14-22)30(28)26(4,5)6/h7-10,21-24H,11-18H2,1-6H3. The van der Waals surface area contributed by atoms with Gasteiger partial charge in [-0.1, -0.05) is 0 Å². The molecule has 1 aromatic carbocycles. The summed E-state index contributed by atoms with van der Waals surface area (Å²) in [4.78, 5) is 0. The van der Waals surface area contributed by atoms with Gasteiger partial charge in [0.1, 0.15) is 0 Å². The third-order valence-corrected chi connectivity index (χ3v) is 7.93. The number of hydrogen-bond donors (Lipinski definition) is 0. The van der Waals surface area contributed by atoms with E-state index in [2.05, 4.69) is 85.8 Å². The highest BCUT2D eigenvalue weighted by Crippen LogP contribution is 2.45. The van der Waals surface area contributed by atoms with Crippen LogP contribution >= 0.6 is 0 Å². The fourth-order valence-electron chi connectivity index (χ4n) is 6.97. The first-order valence-corrected chi connectivity index (χ1v) is 12.4. The summed E-state index contributed by atoms with van der Waals surface area (Å²) >= 11 is 0. The van der Waals surface area contributed by atoms with E-state index in [0.29, 0.717) is 24.2 Å². The molecule has 30 heavy (non-hydrogen) atoms. The molecule has 0 spiro atoms. The summed E-state index contributed by atoms with van der Waals surface area (Å²) in [6, 6.07) is 12.3. The summed E-state index contributed by atoms with van der Waals surface area (Å²) in [7, 11) is 0. The number of fused-ring (bicyclic) bond motifs is 6. The van der Waals surface area contributed by atoms with Crippen molar-refractivity contribution in [1.82, 2.24) is 10.0 Å². The van der Waals surface area contributed by atoms with Crippen molar-refractivity contribution in [1.29, 1.82) is 0 Å². The van der Waals surface area contributed by atoms with E-state index in [4.69, 9.17) is 0 Å². The summed E-state index contributed by atoms with van der Waals surface area (Å²) in [6.45, 7) is 14.3. The molecule has 6 aliphatic rings. The molecule has 1 aromatic rings. The van der Waals surface area contributed by atoms with Crippen molar-refractivity contribution in [3.63, 3.8) is 0 Å². The maximum atomic E-state index is 2.70. The van der Waals surface area contributed by atoms with E-state index >= 15 is 0 Å². The lowest BCUT2D eigenvalue weighted by molar-refractivity contribution is -0.0152. The molecule has 2 saturated carbocycles. The van der Waals surface area contributed by atoms with Crippen LogP contribution in [-0.2, 0) is 0 Å². The van der Waals surface area contributed by atoms with Crippen LogP contribution in [0.4, 0.5) is 11.4 Å². The number of rotatable bonds is 2. The van der Waals surface area contributed by atoms with Crippen LogP contribution in [0, 0.1) is 0 Å². The fourth-order valence-corrected chi connectivity index (χ4v) is 6.97. The van der Waals surface area contributed by atoms with Gasteiger partial charge in [-0.2, -0.15) is 0 Å². The molecule has 166 valence electrons. The van der Waals surface area contributed by atoms with Crippen LogP contribution in [0.2, 0.25) is 0 Å². The van der Waals surface area contributed by atoms with E-state index in [1.807, 2.05) is 0 Å². The minimum atomic E-state index is 0.164. The van der Waals surface area contributed by atoms with Gasteiger partial charge >= 0.3 is 0 Å². The van der Waals surface area contributed by atoms with E-state index in [1.54, 1.807) is 0 Å². The highest BCUT2D eigenvalue weighted by molar-refractivity contribution is 5.57. The lowest BCUT2D eigenvalue weighted by Gasteiger charge is -2.60. The lowest BCUT2D eigenvalue weighted by Crippen LogP contribution is -2.67. The predicted octanol–water partition coefficient (Wildman–Crippen LogP) is 5.98. The summed E-state index contributed by atoms with van der Waals surface area (Å²) < 4.78 is 0. The van der Waals surface area contributed by atoms with Crippen LogP contribution in [0.3, 0.4) is 0 Å². The van der Waals surface area contributed by atoms with Gasteiger partial charge in [0.25, 0.3) is 0 Å². The third kappa shape index (κ3) is 3.35. The second-order valence-corrected chi connectivity index (χ2v) is 12.2. The molecule has 0 atom stereocenters. The summed E-state index contributed by atoms with van der Waals surface area (Å²) in [5, 5.41) is 10.7. The predicted molar refractivity (Wildman–Crippen MR) is 127 cm³/mol. The Bertz CT molecular complexity index is 678. The molecule has 7 rings (SSSR count). The maximum Gasteiger partial charge on any atom is 0.0527 e. The number of benzene rings is 1. The second-order valence-electron chi connectivity index (χ2n) is 12.2. The van der Waals surface area contributed by atoms with Crippen LogP contribution in [-0.4, -0.2) is 45.3 Å². The number of hydrogen-bond acceptors (Lipinski definition) is 4. The zero-order chi connectivity index (χ0) is 21.3. The van der Waals surface area contributed by atoms with E-state index in [0.717, 1.165) is 0 Å². The van der Waals surface area contributed by atoms with Gasteiger partial charge in [-0.05, 0) is 117 Å². The molecule has 4 saturated heterocycles. The molecule has 0 aromatic heterocycles. The van der Waals surface area contributed by atoms with Gasteiger partial charge in [-0.3, -0.25) is 0 Å². The van der Waals surface area contributed by atoms with Gasteiger partial charge < -0.3 is 10.0 Å². The Hall–Kier alpha value is -1.26. The topological polar surface area (TPSA) is 13.0 Å². The molecular formula is C26H42N4. The zero-order valence-corrected chi connectivity index (χ0v) is 20.1. The minimum absolute atomic E-state index is 0.164. The summed E-state index contributed by atoms with van der Waals surface area (Å²) in [6.07, 6.45) is 10.8. The van der Waals surface area contributed by atoms with Crippen molar-refractivity contribution in [3.05, 3.63) is 24.3 Å². The average molecular weight is 411 g/mol. The second kappa shape index (κ2) is 7.13. The van der Waals surface area contributed by atoms with Gasteiger partial charge in [-0.25, -0.2) is 10.0 Å². The highest BCUT2D eigenvalue weighted by atomic mass is 15.7. The molecule has 0 unspecified atom stereocenters. The zero-order valence-electron chi connectivity index (χ0n) is 20.1. The molecule has 0 radical (unpaired) electrons. The SMILES string of the molecule is CC(C)(C)N1C2CCC(CC2)N1c1ccc(N2C3CCC(CC3)N2C(C)(C)C)cc1. The average Bonchev–Trinajstić information content (AvgIpc) is 2.73. The number of nitrogens with zero attached hydrogens (tertiary/aromatic N) is 4. The van der Waals surface area contributed by atoms with E-state index in [9.17, 15) is 0 Å². The van der Waals surface area contributed by atoms with Gasteiger partial charge in [0.15, 0.2) is 0 Å². The summed E-state index contributed by atoms with van der Waals surface area (Å²) in [5.74, 6) is 0. The molecule has 6 fully saturated rings. The highest BCUT2D eigenvalue weighted by Gasteiger charge is 2.46. The van der Waals surface area contributed by atoms with Gasteiger partial charge in [-0.15, -0.1) is 0 Å². The van der Waals surface area contributed by atoms with Crippen molar-refractivity contribution in [2.75, 3.05) is 10.0 Å².